The van der Waals surface area contributed by atoms with Gasteiger partial charge in [-0.15, -0.1) is 0 Å². The predicted octanol–water partition coefficient (Wildman–Crippen LogP) is 0.335. The molecule has 0 atom stereocenters. The van der Waals surface area contributed by atoms with Gasteiger partial charge in [0.2, 0.25) is 5.91 Å². The van der Waals surface area contributed by atoms with Gasteiger partial charge in [0.1, 0.15) is 5.70 Å². The molecule has 2 amide bonds. The predicted molar refractivity (Wildman–Crippen MR) is 57.3 cm³/mol. The summed E-state index contributed by atoms with van der Waals surface area (Å²) < 4.78 is 0. The van der Waals surface area contributed by atoms with E-state index in [-0.39, 0.29) is 17.5 Å². The van der Waals surface area contributed by atoms with Gasteiger partial charge in [-0.05, 0) is 6.42 Å². The van der Waals surface area contributed by atoms with Crippen molar-refractivity contribution in [1.29, 1.82) is 0 Å². The molecule has 0 unspecified atom stereocenters. The maximum Gasteiger partial charge on any atom is 0.275 e. The first-order valence-electron chi connectivity index (χ1n) is 5.07. The average Bonchev–Trinajstić information content (AvgIpc) is 2.59. The molecule has 5 nitrogen and oxygen atoms in total. The van der Waals surface area contributed by atoms with Crippen LogP contribution in [0.15, 0.2) is 16.8 Å². The van der Waals surface area contributed by atoms with E-state index in [4.69, 9.17) is 0 Å². The number of carbonyl (C=O) groups is 2. The zero-order valence-electron chi connectivity index (χ0n) is 8.75. The number of amides is 2. The summed E-state index contributed by atoms with van der Waals surface area (Å²) in [5.74, 6) is -0.603. The molecule has 0 aromatic carbocycles. The van der Waals surface area contributed by atoms with Gasteiger partial charge >= 0.3 is 0 Å². The van der Waals surface area contributed by atoms with Crippen LogP contribution in [0, 0.1) is 0 Å². The minimum atomic E-state index is -0.335. The molecule has 0 spiro atoms. The first-order chi connectivity index (χ1) is 7.24. The summed E-state index contributed by atoms with van der Waals surface area (Å²) in [6, 6.07) is 0. The van der Waals surface area contributed by atoms with E-state index in [1.807, 2.05) is 0 Å². The summed E-state index contributed by atoms with van der Waals surface area (Å²) in [6.07, 6.45) is 5.66. The summed E-state index contributed by atoms with van der Waals surface area (Å²) in [7, 11) is 0. The fraction of sp³-hybridized carbons (Fsp3) is 0.500. The van der Waals surface area contributed by atoms with Crippen molar-refractivity contribution in [2.45, 2.75) is 26.2 Å². The molecule has 0 fully saturated rings. The Hall–Kier alpha value is -1.65. The molecule has 1 heterocycles. The van der Waals surface area contributed by atoms with Crippen LogP contribution in [0.4, 0.5) is 0 Å². The molecule has 1 aliphatic heterocycles. The van der Waals surface area contributed by atoms with E-state index < -0.39 is 0 Å². The molecule has 2 N–H and O–H groups in total. The van der Waals surface area contributed by atoms with Crippen molar-refractivity contribution >= 4 is 18.2 Å². The molecule has 0 aromatic heterocycles. The molecule has 1 aliphatic rings. The highest BCUT2D eigenvalue weighted by Gasteiger charge is 2.13. The fourth-order valence-corrected chi connectivity index (χ4v) is 1.16. The highest BCUT2D eigenvalue weighted by molar-refractivity contribution is 6.08. The van der Waals surface area contributed by atoms with Gasteiger partial charge in [0.25, 0.3) is 5.91 Å². The van der Waals surface area contributed by atoms with E-state index in [1.54, 1.807) is 0 Å². The molecule has 1 rings (SSSR count). The molecule has 15 heavy (non-hydrogen) atoms. The first kappa shape index (κ1) is 11.4. The molecule has 0 radical (unpaired) electrons. The van der Waals surface area contributed by atoms with Crippen molar-refractivity contribution in [1.82, 2.24) is 10.6 Å². The number of rotatable bonds is 5. The second kappa shape index (κ2) is 5.95. The Morgan fingerprint density at radius 1 is 1.60 bits per heavy atom. The lowest BCUT2D eigenvalue weighted by atomic mass is 10.2. The molecular formula is C10H15N3O2. The molecule has 0 bridgehead atoms. The second-order valence-corrected chi connectivity index (χ2v) is 3.26. The SMILES string of the molecule is CCCCCNC(=O)C=C1N=CNC1=O. The molecule has 0 saturated heterocycles. The van der Waals surface area contributed by atoms with Crippen molar-refractivity contribution in [2.75, 3.05) is 6.54 Å². The first-order valence-corrected chi connectivity index (χ1v) is 5.07. The Morgan fingerprint density at radius 3 is 3.00 bits per heavy atom. The van der Waals surface area contributed by atoms with Crippen LogP contribution in [-0.4, -0.2) is 24.7 Å². The standard InChI is InChI=1S/C10H15N3O2/c1-2-3-4-5-11-9(14)6-8-10(15)13-7-12-8/h6-7H,2-5H2,1H3,(H,11,14)(H,12,13,15). The third-order valence-corrected chi connectivity index (χ3v) is 1.98. The summed E-state index contributed by atoms with van der Waals surface area (Å²) in [5.41, 5.74) is 0.156. The minimum Gasteiger partial charge on any atom is -0.352 e. The number of unbranched alkanes of at least 4 members (excludes halogenated alkanes) is 2. The topological polar surface area (TPSA) is 70.6 Å². The second-order valence-electron chi connectivity index (χ2n) is 3.26. The lowest BCUT2D eigenvalue weighted by Gasteiger charge is -2.00. The number of hydrogen-bond acceptors (Lipinski definition) is 3. The van der Waals surface area contributed by atoms with Gasteiger partial charge in [-0.3, -0.25) is 9.59 Å². The summed E-state index contributed by atoms with van der Waals surface area (Å²) in [4.78, 5) is 26.0. The van der Waals surface area contributed by atoms with Crippen LogP contribution in [0.2, 0.25) is 0 Å². The Bertz CT molecular complexity index is 308. The number of aliphatic imine (C=N–C) groups is 1. The number of nitrogens with zero attached hydrogens (tertiary/aromatic N) is 1. The summed E-state index contributed by atoms with van der Waals surface area (Å²) in [6.45, 7) is 2.74. The van der Waals surface area contributed by atoms with Crippen molar-refractivity contribution in [3.8, 4) is 0 Å². The van der Waals surface area contributed by atoms with Gasteiger partial charge in [0, 0.05) is 12.6 Å². The molecular weight excluding hydrogens is 194 g/mol. The van der Waals surface area contributed by atoms with E-state index in [0.717, 1.165) is 19.3 Å². The quantitative estimate of drug-likeness (QED) is 0.506. The van der Waals surface area contributed by atoms with E-state index in [2.05, 4.69) is 22.5 Å². The molecule has 5 heteroatoms. The average molecular weight is 209 g/mol. The Kier molecular flexibility index (Phi) is 4.53. The van der Waals surface area contributed by atoms with Crippen LogP contribution in [0.5, 0.6) is 0 Å². The summed E-state index contributed by atoms with van der Waals surface area (Å²) in [5, 5.41) is 5.07. The maximum atomic E-state index is 11.3. The smallest absolute Gasteiger partial charge is 0.275 e. The Morgan fingerprint density at radius 2 is 2.40 bits per heavy atom. The van der Waals surface area contributed by atoms with Crippen LogP contribution in [0.25, 0.3) is 0 Å². The molecule has 0 aliphatic carbocycles. The van der Waals surface area contributed by atoms with E-state index in [9.17, 15) is 9.59 Å². The zero-order chi connectivity index (χ0) is 11.1. The highest BCUT2D eigenvalue weighted by Crippen LogP contribution is 2.00. The third kappa shape index (κ3) is 3.93. The van der Waals surface area contributed by atoms with Crippen molar-refractivity contribution in [3.05, 3.63) is 11.8 Å². The van der Waals surface area contributed by atoms with Crippen molar-refractivity contribution in [2.24, 2.45) is 4.99 Å². The van der Waals surface area contributed by atoms with Crippen LogP contribution in [0.1, 0.15) is 26.2 Å². The number of carbonyl (C=O) groups excluding carboxylic acids is 2. The lowest BCUT2D eigenvalue weighted by molar-refractivity contribution is -0.118. The van der Waals surface area contributed by atoms with Crippen molar-refractivity contribution < 1.29 is 9.59 Å². The normalized spacial score (nSPS) is 16.9. The fourth-order valence-electron chi connectivity index (χ4n) is 1.16. The Labute approximate surface area is 88.6 Å². The minimum absolute atomic E-state index is 0.156. The van der Waals surface area contributed by atoms with Gasteiger partial charge in [-0.25, -0.2) is 4.99 Å². The van der Waals surface area contributed by atoms with Gasteiger partial charge < -0.3 is 10.6 Å². The monoisotopic (exact) mass is 209 g/mol. The van der Waals surface area contributed by atoms with E-state index in [1.165, 1.54) is 12.4 Å². The van der Waals surface area contributed by atoms with Gasteiger partial charge in [0.05, 0.1) is 6.34 Å². The van der Waals surface area contributed by atoms with Crippen LogP contribution in [0.3, 0.4) is 0 Å². The largest absolute Gasteiger partial charge is 0.352 e. The molecule has 0 saturated carbocycles. The Balaban J connectivity index is 2.29. The number of nitrogens with one attached hydrogen (secondary N) is 2. The van der Waals surface area contributed by atoms with Crippen LogP contribution < -0.4 is 10.6 Å². The lowest BCUT2D eigenvalue weighted by Crippen LogP contribution is -2.23. The summed E-state index contributed by atoms with van der Waals surface area (Å²) >= 11 is 0. The highest BCUT2D eigenvalue weighted by atomic mass is 16.2. The zero-order valence-corrected chi connectivity index (χ0v) is 8.75. The van der Waals surface area contributed by atoms with Gasteiger partial charge in [-0.1, -0.05) is 19.8 Å². The van der Waals surface area contributed by atoms with E-state index >= 15 is 0 Å². The van der Waals surface area contributed by atoms with Crippen LogP contribution >= 0.6 is 0 Å². The van der Waals surface area contributed by atoms with Gasteiger partial charge in [0.15, 0.2) is 0 Å². The third-order valence-electron chi connectivity index (χ3n) is 1.98. The van der Waals surface area contributed by atoms with E-state index in [0.29, 0.717) is 6.54 Å². The molecule has 82 valence electrons. The van der Waals surface area contributed by atoms with Crippen molar-refractivity contribution in [3.63, 3.8) is 0 Å². The maximum absolute atomic E-state index is 11.3. The van der Waals surface area contributed by atoms with Gasteiger partial charge in [-0.2, -0.15) is 0 Å². The van der Waals surface area contributed by atoms with Crippen LogP contribution in [-0.2, 0) is 9.59 Å². The number of hydrogen-bond donors (Lipinski definition) is 2. The molecule has 0 aromatic rings.